The van der Waals surface area contributed by atoms with Crippen molar-refractivity contribution >= 4 is 28.1 Å². The molecule has 0 aromatic carbocycles. The Morgan fingerprint density at radius 2 is 2.19 bits per heavy atom. The van der Waals surface area contributed by atoms with Crippen LogP contribution in [0.25, 0.3) is 0 Å². The summed E-state index contributed by atoms with van der Waals surface area (Å²) in [5, 5.41) is 7.42. The number of hydrogen-bond donors (Lipinski definition) is 1. The first-order valence-corrected chi connectivity index (χ1v) is 8.88. The van der Waals surface area contributed by atoms with Crippen molar-refractivity contribution < 1.29 is 4.21 Å². The van der Waals surface area contributed by atoms with Gasteiger partial charge in [-0.25, -0.2) is 4.68 Å². The topological polar surface area (TPSA) is 67.2 Å². The Labute approximate surface area is 132 Å². The zero-order chi connectivity index (χ0) is 16.0. The van der Waals surface area contributed by atoms with Crippen molar-refractivity contribution in [3.63, 3.8) is 0 Å². The first-order chi connectivity index (χ1) is 9.81. The predicted octanol–water partition coefficient (Wildman–Crippen LogP) is 1.03. The molecule has 21 heavy (non-hydrogen) atoms. The third-order valence-corrected chi connectivity index (χ3v) is 4.16. The summed E-state index contributed by atoms with van der Waals surface area (Å²) in [5.74, 6) is 0.610. The molecule has 2 unspecified atom stereocenters. The van der Waals surface area contributed by atoms with Gasteiger partial charge in [-0.15, -0.1) is 0 Å². The molecule has 1 aromatic rings. The molecule has 1 aromatic heterocycles. The maximum absolute atomic E-state index is 12.1. The zero-order valence-corrected chi connectivity index (χ0v) is 14.5. The maximum Gasteiger partial charge on any atom is 0.287 e. The van der Waals surface area contributed by atoms with E-state index in [-0.39, 0.29) is 16.6 Å². The lowest BCUT2D eigenvalue weighted by Gasteiger charge is -2.16. The van der Waals surface area contributed by atoms with Crippen LogP contribution in [0.1, 0.15) is 13.3 Å². The van der Waals surface area contributed by atoms with Gasteiger partial charge in [0.1, 0.15) is 5.02 Å². The molecule has 0 bridgehead atoms. The molecule has 0 amide bonds. The molecular weight excluding hydrogens is 312 g/mol. The number of aromatic nitrogens is 2. The summed E-state index contributed by atoms with van der Waals surface area (Å²) in [6.07, 6.45) is 3.98. The van der Waals surface area contributed by atoms with Crippen molar-refractivity contribution in [3.8, 4) is 0 Å². The van der Waals surface area contributed by atoms with Gasteiger partial charge in [0, 0.05) is 35.4 Å². The maximum atomic E-state index is 12.1. The molecule has 1 heterocycles. The first kappa shape index (κ1) is 18.1. The highest BCUT2D eigenvalue weighted by Crippen LogP contribution is 2.17. The number of likely N-dealkylation sites (N-methyl/N-ethyl adjacent to an activating group) is 1. The lowest BCUT2D eigenvalue weighted by atomic mass is 10.2. The summed E-state index contributed by atoms with van der Waals surface area (Å²) in [6.45, 7) is 3.17. The Morgan fingerprint density at radius 3 is 2.76 bits per heavy atom. The van der Waals surface area contributed by atoms with E-state index in [1.54, 1.807) is 12.5 Å². The summed E-state index contributed by atoms with van der Waals surface area (Å²) in [6, 6.07) is 0.0743. The fraction of sp³-hybridized carbons (Fsp3) is 0.692. The van der Waals surface area contributed by atoms with Gasteiger partial charge in [-0.1, -0.05) is 11.6 Å². The smallest absolute Gasteiger partial charge is 0.287 e. The number of rotatable bonds is 8. The summed E-state index contributed by atoms with van der Waals surface area (Å²) < 4.78 is 12.4. The standard InChI is InChI=1S/C13H23ClN4O2S/c1-10(5-8-21(4)20)16-11-9-15-18(7-6-17(2)3)13(19)12(11)14/h9-10,16H,5-8H2,1-4H3. The van der Waals surface area contributed by atoms with Crippen LogP contribution in [0.5, 0.6) is 0 Å². The van der Waals surface area contributed by atoms with Crippen molar-refractivity contribution in [2.24, 2.45) is 0 Å². The second kappa shape index (κ2) is 8.51. The van der Waals surface area contributed by atoms with Gasteiger partial charge < -0.3 is 10.2 Å². The minimum absolute atomic E-state index is 0.0743. The van der Waals surface area contributed by atoms with Gasteiger partial charge in [0.25, 0.3) is 5.56 Å². The Balaban J connectivity index is 2.75. The van der Waals surface area contributed by atoms with Crippen LogP contribution in [0.3, 0.4) is 0 Å². The van der Waals surface area contributed by atoms with Gasteiger partial charge >= 0.3 is 0 Å². The van der Waals surface area contributed by atoms with Gasteiger partial charge in [-0.3, -0.25) is 9.00 Å². The van der Waals surface area contributed by atoms with Crippen LogP contribution in [-0.2, 0) is 17.3 Å². The van der Waals surface area contributed by atoms with Crippen molar-refractivity contribution in [1.82, 2.24) is 14.7 Å². The molecule has 0 radical (unpaired) electrons. The van der Waals surface area contributed by atoms with Crippen molar-refractivity contribution in [2.45, 2.75) is 25.9 Å². The fourth-order valence-electron chi connectivity index (χ4n) is 1.70. The normalized spacial score (nSPS) is 14.2. The van der Waals surface area contributed by atoms with Crippen LogP contribution in [0.15, 0.2) is 11.0 Å². The van der Waals surface area contributed by atoms with Gasteiger partial charge in [0.2, 0.25) is 0 Å². The molecule has 6 nitrogen and oxygen atoms in total. The van der Waals surface area contributed by atoms with Crippen LogP contribution >= 0.6 is 11.6 Å². The third kappa shape index (κ3) is 6.15. The molecule has 8 heteroatoms. The minimum atomic E-state index is -0.824. The van der Waals surface area contributed by atoms with Crippen LogP contribution in [0, 0.1) is 0 Å². The van der Waals surface area contributed by atoms with E-state index in [4.69, 9.17) is 11.6 Å². The molecule has 1 rings (SSSR count). The lowest BCUT2D eigenvalue weighted by molar-refractivity contribution is 0.367. The highest BCUT2D eigenvalue weighted by atomic mass is 35.5. The lowest BCUT2D eigenvalue weighted by Crippen LogP contribution is -2.30. The monoisotopic (exact) mass is 334 g/mol. The second-order valence-electron chi connectivity index (χ2n) is 5.32. The Bertz CT molecular complexity index is 547. The molecule has 0 spiro atoms. The Kier molecular flexibility index (Phi) is 7.34. The second-order valence-corrected chi connectivity index (χ2v) is 7.25. The van der Waals surface area contributed by atoms with Gasteiger partial charge in [-0.05, 0) is 27.4 Å². The quantitative estimate of drug-likeness (QED) is 0.769. The van der Waals surface area contributed by atoms with Crippen LogP contribution in [-0.4, -0.2) is 57.6 Å². The molecule has 0 aliphatic rings. The molecular formula is C13H23ClN4O2S. The summed E-state index contributed by atoms with van der Waals surface area (Å²) in [5.41, 5.74) is 0.229. The molecule has 120 valence electrons. The fourth-order valence-corrected chi connectivity index (χ4v) is 2.59. The van der Waals surface area contributed by atoms with Crippen LogP contribution < -0.4 is 10.9 Å². The molecule has 2 atom stereocenters. The summed E-state index contributed by atoms with van der Waals surface area (Å²) in [7, 11) is 3.04. The first-order valence-electron chi connectivity index (χ1n) is 6.78. The van der Waals surface area contributed by atoms with Gasteiger partial charge in [-0.2, -0.15) is 5.10 Å². The molecule has 0 fully saturated rings. The van der Waals surface area contributed by atoms with Crippen LogP contribution in [0.4, 0.5) is 5.69 Å². The van der Waals surface area contributed by atoms with Crippen molar-refractivity contribution in [2.75, 3.05) is 38.0 Å². The van der Waals surface area contributed by atoms with E-state index in [0.29, 0.717) is 24.5 Å². The van der Waals surface area contributed by atoms with Crippen molar-refractivity contribution in [1.29, 1.82) is 0 Å². The molecule has 0 saturated heterocycles. The average Bonchev–Trinajstić information content (AvgIpc) is 2.40. The number of nitrogens with one attached hydrogen (secondary N) is 1. The summed E-state index contributed by atoms with van der Waals surface area (Å²) >= 11 is 6.11. The van der Waals surface area contributed by atoms with E-state index < -0.39 is 10.8 Å². The molecule has 0 aliphatic carbocycles. The van der Waals surface area contributed by atoms with E-state index in [0.717, 1.165) is 6.42 Å². The van der Waals surface area contributed by atoms with Crippen LogP contribution in [0.2, 0.25) is 5.02 Å². The largest absolute Gasteiger partial charge is 0.380 e. The van der Waals surface area contributed by atoms with E-state index >= 15 is 0 Å². The highest BCUT2D eigenvalue weighted by Gasteiger charge is 2.12. The van der Waals surface area contributed by atoms with Gasteiger partial charge in [0.15, 0.2) is 0 Å². The van der Waals surface area contributed by atoms with E-state index in [1.165, 1.54) is 4.68 Å². The third-order valence-electron chi connectivity index (χ3n) is 2.98. The minimum Gasteiger partial charge on any atom is -0.380 e. The Hall–Kier alpha value is -0.920. The molecule has 0 saturated carbocycles. The number of hydrogen-bond acceptors (Lipinski definition) is 5. The van der Waals surface area contributed by atoms with E-state index in [1.807, 2.05) is 25.9 Å². The number of halogens is 1. The van der Waals surface area contributed by atoms with Gasteiger partial charge in [0.05, 0.1) is 18.4 Å². The number of anilines is 1. The average molecular weight is 335 g/mol. The zero-order valence-electron chi connectivity index (χ0n) is 12.9. The summed E-state index contributed by atoms with van der Waals surface area (Å²) in [4.78, 5) is 14.1. The highest BCUT2D eigenvalue weighted by molar-refractivity contribution is 7.84. The number of nitrogens with zero attached hydrogens (tertiary/aromatic N) is 3. The predicted molar refractivity (Wildman–Crippen MR) is 88.7 cm³/mol. The SMILES string of the molecule is CC(CCS(C)=O)Nc1cnn(CCN(C)C)c(=O)c1Cl. The molecule has 1 N–H and O–H groups in total. The van der Waals surface area contributed by atoms with E-state index in [9.17, 15) is 9.00 Å². The molecule has 0 aliphatic heterocycles. The van der Waals surface area contributed by atoms with Crippen molar-refractivity contribution in [3.05, 3.63) is 21.6 Å². The Morgan fingerprint density at radius 1 is 1.52 bits per heavy atom. The van der Waals surface area contributed by atoms with E-state index in [2.05, 4.69) is 10.4 Å².